The topological polar surface area (TPSA) is 17.9 Å². The zero-order chi connectivity index (χ0) is 18.8. The first kappa shape index (κ1) is 18.6. The molecule has 2 rings (SSSR count). The molecule has 0 fully saturated rings. The third-order valence-electron chi connectivity index (χ3n) is 4.02. The lowest BCUT2D eigenvalue weighted by Gasteiger charge is -2.26. The molecule has 128 valence electrons. The first-order valence-corrected chi connectivity index (χ1v) is 8.28. The number of hydrogen-bond acceptors (Lipinski definition) is 1. The Morgan fingerprint density at radius 3 is 1.32 bits per heavy atom. The van der Waals surface area contributed by atoms with E-state index in [1.54, 1.807) is 12.1 Å². The fourth-order valence-electron chi connectivity index (χ4n) is 2.64. The van der Waals surface area contributed by atoms with E-state index >= 15 is 0 Å². The van der Waals surface area contributed by atoms with Crippen LogP contribution in [0.1, 0.15) is 52.7 Å². The van der Waals surface area contributed by atoms with Gasteiger partial charge in [-0.1, -0.05) is 53.7 Å². The van der Waals surface area contributed by atoms with Gasteiger partial charge in [-0.25, -0.2) is 9.69 Å². The van der Waals surface area contributed by atoms with E-state index in [0.717, 1.165) is 22.6 Å². The Balaban J connectivity index is 2.58. The number of ether oxygens (including phenoxy) is 1. The van der Waals surface area contributed by atoms with E-state index in [0.29, 0.717) is 11.4 Å². The van der Waals surface area contributed by atoms with Gasteiger partial charge in [0.25, 0.3) is 0 Å². The van der Waals surface area contributed by atoms with Crippen molar-refractivity contribution >= 4 is 11.4 Å². The van der Waals surface area contributed by atoms with Gasteiger partial charge in [0.1, 0.15) is 11.5 Å². The van der Waals surface area contributed by atoms with Gasteiger partial charge in [-0.3, -0.25) is 0 Å². The highest BCUT2D eigenvalue weighted by Gasteiger charge is 2.23. The first-order valence-electron chi connectivity index (χ1n) is 8.28. The molecular formula is C22H24N2O. The second kappa shape index (κ2) is 6.61. The van der Waals surface area contributed by atoms with Gasteiger partial charge in [0, 0.05) is 0 Å². The molecule has 3 heteroatoms. The van der Waals surface area contributed by atoms with Crippen molar-refractivity contribution in [2.75, 3.05) is 0 Å². The molecule has 0 aliphatic rings. The standard InChI is InChI=1S/C22H24N2O/c1-21(2,3)17-13-15(23-7)9-11-19(17)25-20-12-10-16(24-8)14-18(20)22(4,5)6/h9-14H,1-6H3. The molecule has 0 unspecified atom stereocenters. The largest absolute Gasteiger partial charge is 0.457 e. The van der Waals surface area contributed by atoms with Crippen LogP contribution in [-0.2, 0) is 10.8 Å². The van der Waals surface area contributed by atoms with Gasteiger partial charge < -0.3 is 4.74 Å². The van der Waals surface area contributed by atoms with Crippen LogP contribution in [0.3, 0.4) is 0 Å². The summed E-state index contributed by atoms with van der Waals surface area (Å²) in [6.45, 7) is 27.1. The molecule has 0 aliphatic carbocycles. The van der Waals surface area contributed by atoms with Crippen molar-refractivity contribution in [1.29, 1.82) is 0 Å². The fraction of sp³-hybridized carbons (Fsp3) is 0.364. The van der Waals surface area contributed by atoms with Crippen molar-refractivity contribution < 1.29 is 4.74 Å². The molecule has 0 spiro atoms. The fourth-order valence-corrected chi connectivity index (χ4v) is 2.64. The molecule has 25 heavy (non-hydrogen) atoms. The van der Waals surface area contributed by atoms with Crippen LogP contribution in [0.25, 0.3) is 9.69 Å². The Hall–Kier alpha value is -2.78. The van der Waals surface area contributed by atoms with Gasteiger partial charge in [-0.15, -0.1) is 0 Å². The van der Waals surface area contributed by atoms with Gasteiger partial charge in [0.15, 0.2) is 11.4 Å². The maximum Gasteiger partial charge on any atom is 0.187 e. The van der Waals surface area contributed by atoms with Crippen molar-refractivity contribution in [3.63, 3.8) is 0 Å². The predicted octanol–water partition coefficient (Wildman–Crippen LogP) is 7.18. The molecule has 0 heterocycles. The second-order valence-electron chi connectivity index (χ2n) is 8.19. The van der Waals surface area contributed by atoms with Crippen molar-refractivity contribution in [3.8, 4) is 11.5 Å². The highest BCUT2D eigenvalue weighted by molar-refractivity contribution is 5.58. The summed E-state index contributed by atoms with van der Waals surface area (Å²) in [6, 6.07) is 11.1. The molecule has 0 amide bonds. The van der Waals surface area contributed by atoms with Crippen LogP contribution in [-0.4, -0.2) is 0 Å². The lowest BCUT2D eigenvalue weighted by Crippen LogP contribution is -2.15. The van der Waals surface area contributed by atoms with Gasteiger partial charge >= 0.3 is 0 Å². The van der Waals surface area contributed by atoms with Crippen molar-refractivity contribution in [2.45, 2.75) is 52.4 Å². The van der Waals surface area contributed by atoms with E-state index in [1.165, 1.54) is 0 Å². The summed E-state index contributed by atoms with van der Waals surface area (Å²) < 4.78 is 6.29. The van der Waals surface area contributed by atoms with Crippen LogP contribution >= 0.6 is 0 Å². The molecule has 0 saturated carbocycles. The summed E-state index contributed by atoms with van der Waals surface area (Å²) in [6.07, 6.45) is 0. The van der Waals surface area contributed by atoms with E-state index in [9.17, 15) is 0 Å². The van der Waals surface area contributed by atoms with Crippen LogP contribution in [0.15, 0.2) is 36.4 Å². The number of rotatable bonds is 2. The predicted molar refractivity (Wildman–Crippen MR) is 103 cm³/mol. The Bertz CT molecular complexity index is 795. The third kappa shape index (κ3) is 4.20. The number of nitrogens with zero attached hydrogens (tertiary/aromatic N) is 2. The van der Waals surface area contributed by atoms with Gasteiger partial charge in [0.05, 0.1) is 13.1 Å². The summed E-state index contributed by atoms with van der Waals surface area (Å²) in [5.74, 6) is 1.50. The Kier molecular flexibility index (Phi) is 4.91. The lowest BCUT2D eigenvalue weighted by atomic mass is 9.85. The molecule has 0 saturated heterocycles. The van der Waals surface area contributed by atoms with Gasteiger partial charge in [-0.05, 0) is 46.2 Å². The van der Waals surface area contributed by atoms with E-state index in [1.807, 2.05) is 24.3 Å². The zero-order valence-electron chi connectivity index (χ0n) is 15.8. The quantitative estimate of drug-likeness (QED) is 0.533. The smallest absolute Gasteiger partial charge is 0.187 e. The molecule has 0 aliphatic heterocycles. The Morgan fingerprint density at radius 1 is 0.680 bits per heavy atom. The third-order valence-corrected chi connectivity index (χ3v) is 4.02. The van der Waals surface area contributed by atoms with E-state index < -0.39 is 0 Å². The Labute approximate surface area is 150 Å². The minimum absolute atomic E-state index is 0.144. The number of hydrogen-bond donors (Lipinski definition) is 0. The Morgan fingerprint density at radius 2 is 1.04 bits per heavy atom. The molecule has 0 atom stereocenters. The average Bonchev–Trinajstić information content (AvgIpc) is 2.53. The molecule has 2 aromatic carbocycles. The zero-order valence-corrected chi connectivity index (χ0v) is 15.8. The molecule has 0 N–H and O–H groups in total. The van der Waals surface area contributed by atoms with E-state index in [-0.39, 0.29) is 10.8 Å². The van der Waals surface area contributed by atoms with Crippen molar-refractivity contribution in [1.82, 2.24) is 0 Å². The highest BCUT2D eigenvalue weighted by atomic mass is 16.5. The molecule has 2 aromatic rings. The number of benzene rings is 2. The maximum absolute atomic E-state index is 7.25. The highest BCUT2D eigenvalue weighted by Crippen LogP contribution is 2.41. The minimum Gasteiger partial charge on any atom is -0.457 e. The average molecular weight is 332 g/mol. The normalized spacial score (nSPS) is 11.5. The molecule has 0 bridgehead atoms. The van der Waals surface area contributed by atoms with Crippen LogP contribution in [0, 0.1) is 13.1 Å². The summed E-state index contributed by atoms with van der Waals surface area (Å²) in [7, 11) is 0. The van der Waals surface area contributed by atoms with Crippen molar-refractivity contribution in [2.24, 2.45) is 0 Å². The molecule has 0 aromatic heterocycles. The van der Waals surface area contributed by atoms with E-state index in [4.69, 9.17) is 17.9 Å². The van der Waals surface area contributed by atoms with Crippen LogP contribution in [0.4, 0.5) is 11.4 Å². The SMILES string of the molecule is [C-]#[N+]c1ccc(Oc2ccc([N+]#[C-])cc2C(C)(C)C)c(C(C)(C)C)c1. The van der Waals surface area contributed by atoms with Gasteiger partial charge in [-0.2, -0.15) is 0 Å². The molecule has 0 radical (unpaired) electrons. The summed E-state index contributed by atoms with van der Waals surface area (Å²) >= 11 is 0. The van der Waals surface area contributed by atoms with E-state index in [2.05, 4.69) is 51.2 Å². The second-order valence-corrected chi connectivity index (χ2v) is 8.19. The molecular weight excluding hydrogens is 308 g/mol. The van der Waals surface area contributed by atoms with Crippen LogP contribution in [0.2, 0.25) is 0 Å². The monoisotopic (exact) mass is 332 g/mol. The van der Waals surface area contributed by atoms with Crippen LogP contribution < -0.4 is 4.74 Å². The van der Waals surface area contributed by atoms with Crippen molar-refractivity contribution in [3.05, 3.63) is 70.4 Å². The maximum atomic E-state index is 7.25. The lowest BCUT2D eigenvalue weighted by molar-refractivity contribution is 0.436. The summed E-state index contributed by atoms with van der Waals surface area (Å²) in [5, 5.41) is 0. The van der Waals surface area contributed by atoms with Crippen LogP contribution in [0.5, 0.6) is 11.5 Å². The minimum atomic E-state index is -0.144. The summed E-state index contributed by atoms with van der Waals surface area (Å²) in [4.78, 5) is 7.07. The first-order chi connectivity index (χ1) is 11.6. The summed E-state index contributed by atoms with van der Waals surface area (Å²) in [5.41, 5.74) is 2.92. The van der Waals surface area contributed by atoms with Gasteiger partial charge in [0.2, 0.25) is 0 Å². The molecule has 3 nitrogen and oxygen atoms in total.